The van der Waals surface area contributed by atoms with Crippen LogP contribution in [-0.4, -0.2) is 38.5 Å². The minimum Gasteiger partial charge on any atom is -0.455 e. The standard InChI is InChI=1S/C20H21N5O4/c26-18(22-17-9-10-21-25(17)13-5-1-2-6-13)12-29-19(27)11-16-14-7-3-4-8-15(14)20(28)24-23-16/h3-4,7-10,13H,1-2,5-6,11-12H2,(H,22,26)(H,24,28). The second-order valence-electron chi connectivity index (χ2n) is 7.03. The van der Waals surface area contributed by atoms with Gasteiger partial charge in [0.25, 0.3) is 11.5 Å². The molecule has 0 aliphatic heterocycles. The fourth-order valence-electron chi connectivity index (χ4n) is 3.67. The number of anilines is 1. The first-order valence-electron chi connectivity index (χ1n) is 9.57. The van der Waals surface area contributed by atoms with Crippen LogP contribution in [-0.2, 0) is 20.7 Å². The molecule has 9 nitrogen and oxygen atoms in total. The molecule has 29 heavy (non-hydrogen) atoms. The van der Waals surface area contributed by atoms with Crippen molar-refractivity contribution >= 4 is 28.5 Å². The Kier molecular flexibility index (Phi) is 5.37. The molecule has 3 aromatic rings. The van der Waals surface area contributed by atoms with Crippen LogP contribution in [0.1, 0.15) is 37.4 Å². The van der Waals surface area contributed by atoms with Crippen LogP contribution < -0.4 is 10.9 Å². The average molecular weight is 395 g/mol. The maximum atomic E-state index is 12.2. The molecule has 1 saturated carbocycles. The van der Waals surface area contributed by atoms with Crippen LogP contribution in [0.4, 0.5) is 5.82 Å². The van der Waals surface area contributed by atoms with E-state index < -0.39 is 18.5 Å². The molecular weight excluding hydrogens is 374 g/mol. The van der Waals surface area contributed by atoms with E-state index in [0.29, 0.717) is 28.3 Å². The smallest absolute Gasteiger partial charge is 0.312 e. The van der Waals surface area contributed by atoms with Crippen LogP contribution in [0.2, 0.25) is 0 Å². The highest BCUT2D eigenvalue weighted by molar-refractivity contribution is 5.92. The largest absolute Gasteiger partial charge is 0.455 e. The van der Waals surface area contributed by atoms with E-state index in [0.717, 1.165) is 25.7 Å². The first-order chi connectivity index (χ1) is 14.1. The molecule has 0 atom stereocenters. The normalized spacial score (nSPS) is 14.2. The molecule has 2 N–H and O–H groups in total. The second kappa shape index (κ2) is 8.26. The van der Waals surface area contributed by atoms with E-state index >= 15 is 0 Å². The molecule has 0 radical (unpaired) electrons. The zero-order valence-electron chi connectivity index (χ0n) is 15.8. The lowest BCUT2D eigenvalue weighted by molar-refractivity contribution is -0.146. The predicted octanol–water partition coefficient (Wildman–Crippen LogP) is 1.96. The molecule has 1 amide bonds. The van der Waals surface area contributed by atoms with Gasteiger partial charge in [-0.15, -0.1) is 0 Å². The highest BCUT2D eigenvalue weighted by Crippen LogP contribution is 2.31. The molecular formula is C20H21N5O4. The van der Waals surface area contributed by atoms with Crippen molar-refractivity contribution in [2.45, 2.75) is 38.1 Å². The number of H-pyrrole nitrogens is 1. The van der Waals surface area contributed by atoms with Crippen molar-refractivity contribution in [2.24, 2.45) is 0 Å². The molecule has 2 heterocycles. The SMILES string of the molecule is O=C(COC(=O)Cc1n[nH]c(=O)c2ccccc12)Nc1ccnn1C1CCCC1. The van der Waals surface area contributed by atoms with E-state index in [1.54, 1.807) is 36.5 Å². The Labute approximate surface area is 166 Å². The summed E-state index contributed by atoms with van der Waals surface area (Å²) in [7, 11) is 0. The molecule has 0 spiro atoms. The highest BCUT2D eigenvalue weighted by atomic mass is 16.5. The van der Waals surface area contributed by atoms with Gasteiger partial charge in [-0.3, -0.25) is 14.4 Å². The highest BCUT2D eigenvalue weighted by Gasteiger charge is 2.21. The molecule has 4 rings (SSSR count). The van der Waals surface area contributed by atoms with Gasteiger partial charge in [-0.05, 0) is 18.9 Å². The van der Waals surface area contributed by atoms with Gasteiger partial charge in [0, 0.05) is 11.5 Å². The Morgan fingerprint density at radius 2 is 1.93 bits per heavy atom. The predicted molar refractivity (Wildman–Crippen MR) is 105 cm³/mol. The van der Waals surface area contributed by atoms with Gasteiger partial charge in [0.2, 0.25) is 0 Å². The Morgan fingerprint density at radius 1 is 1.17 bits per heavy atom. The summed E-state index contributed by atoms with van der Waals surface area (Å²) < 4.78 is 6.91. The van der Waals surface area contributed by atoms with Gasteiger partial charge in [-0.2, -0.15) is 10.2 Å². The van der Waals surface area contributed by atoms with Crippen molar-refractivity contribution < 1.29 is 14.3 Å². The third-order valence-electron chi connectivity index (χ3n) is 5.06. The number of benzene rings is 1. The van der Waals surface area contributed by atoms with Crippen molar-refractivity contribution in [2.75, 3.05) is 11.9 Å². The van der Waals surface area contributed by atoms with Gasteiger partial charge < -0.3 is 10.1 Å². The Hall–Kier alpha value is -3.49. The number of rotatable bonds is 6. The molecule has 1 aliphatic rings. The van der Waals surface area contributed by atoms with E-state index in [2.05, 4.69) is 20.6 Å². The van der Waals surface area contributed by atoms with Crippen LogP contribution in [0.3, 0.4) is 0 Å². The second-order valence-corrected chi connectivity index (χ2v) is 7.03. The average Bonchev–Trinajstić information content (AvgIpc) is 3.40. The number of carbonyl (C=O) groups is 2. The van der Waals surface area contributed by atoms with Crippen LogP contribution in [0.25, 0.3) is 10.8 Å². The molecule has 2 aromatic heterocycles. The fourth-order valence-corrected chi connectivity index (χ4v) is 3.67. The molecule has 1 aromatic carbocycles. The Morgan fingerprint density at radius 3 is 2.72 bits per heavy atom. The van der Waals surface area contributed by atoms with Crippen molar-refractivity contribution in [3.63, 3.8) is 0 Å². The van der Waals surface area contributed by atoms with Crippen LogP contribution in [0, 0.1) is 0 Å². The van der Waals surface area contributed by atoms with Crippen molar-refractivity contribution in [1.82, 2.24) is 20.0 Å². The van der Waals surface area contributed by atoms with Crippen LogP contribution in [0.5, 0.6) is 0 Å². The number of hydrogen-bond acceptors (Lipinski definition) is 6. The van der Waals surface area contributed by atoms with Gasteiger partial charge in [0.05, 0.1) is 29.7 Å². The van der Waals surface area contributed by atoms with Gasteiger partial charge in [-0.25, -0.2) is 9.78 Å². The lowest BCUT2D eigenvalue weighted by atomic mass is 10.1. The van der Waals surface area contributed by atoms with Gasteiger partial charge in [-0.1, -0.05) is 31.0 Å². The number of nitrogens with one attached hydrogen (secondary N) is 2. The lowest BCUT2D eigenvalue weighted by Gasteiger charge is -2.14. The summed E-state index contributed by atoms with van der Waals surface area (Å²) in [6.07, 6.45) is 5.89. The minimum absolute atomic E-state index is 0.148. The lowest BCUT2D eigenvalue weighted by Crippen LogP contribution is -2.24. The van der Waals surface area contributed by atoms with E-state index in [9.17, 15) is 14.4 Å². The van der Waals surface area contributed by atoms with Gasteiger partial charge in [0.15, 0.2) is 6.61 Å². The summed E-state index contributed by atoms with van der Waals surface area (Å²) in [6.45, 7) is -0.407. The van der Waals surface area contributed by atoms with Crippen molar-refractivity contribution in [3.8, 4) is 0 Å². The zero-order chi connectivity index (χ0) is 20.2. The van der Waals surface area contributed by atoms with E-state index in [1.807, 2.05) is 4.68 Å². The molecule has 0 bridgehead atoms. The van der Waals surface area contributed by atoms with Gasteiger partial charge >= 0.3 is 5.97 Å². The van der Waals surface area contributed by atoms with E-state index in [4.69, 9.17) is 4.74 Å². The summed E-state index contributed by atoms with van der Waals surface area (Å²) in [4.78, 5) is 36.2. The molecule has 1 aliphatic carbocycles. The Balaban J connectivity index is 1.35. The maximum Gasteiger partial charge on any atom is 0.312 e. The fraction of sp³-hybridized carbons (Fsp3) is 0.350. The monoisotopic (exact) mass is 395 g/mol. The summed E-state index contributed by atoms with van der Waals surface area (Å²) in [6, 6.07) is 8.90. The minimum atomic E-state index is -0.603. The quantitative estimate of drug-likeness (QED) is 0.616. The molecule has 0 saturated heterocycles. The number of esters is 1. The number of aromatic amines is 1. The topological polar surface area (TPSA) is 119 Å². The molecule has 150 valence electrons. The Bertz CT molecular complexity index is 1100. The molecule has 0 unspecified atom stereocenters. The summed E-state index contributed by atoms with van der Waals surface area (Å²) in [5.41, 5.74) is 0.0703. The summed E-state index contributed by atoms with van der Waals surface area (Å²) in [5.74, 6) is -0.433. The third-order valence-corrected chi connectivity index (χ3v) is 5.06. The first-order valence-corrected chi connectivity index (χ1v) is 9.57. The van der Waals surface area contributed by atoms with Gasteiger partial charge in [0.1, 0.15) is 5.82 Å². The van der Waals surface area contributed by atoms with E-state index in [-0.39, 0.29) is 12.0 Å². The zero-order valence-corrected chi connectivity index (χ0v) is 15.8. The number of aromatic nitrogens is 4. The first kappa shape index (κ1) is 18.9. The number of carbonyl (C=O) groups excluding carboxylic acids is 2. The summed E-state index contributed by atoms with van der Waals surface area (Å²) in [5, 5.41) is 14.4. The van der Waals surface area contributed by atoms with E-state index in [1.165, 1.54) is 0 Å². The van der Waals surface area contributed by atoms with Crippen LogP contribution in [0.15, 0.2) is 41.3 Å². The maximum absolute atomic E-state index is 12.2. The van der Waals surface area contributed by atoms with Crippen molar-refractivity contribution in [3.05, 3.63) is 52.6 Å². The molecule has 1 fully saturated rings. The number of amides is 1. The van der Waals surface area contributed by atoms with Crippen LogP contribution >= 0.6 is 0 Å². The number of ether oxygens (including phenoxy) is 1. The van der Waals surface area contributed by atoms with Crippen molar-refractivity contribution in [1.29, 1.82) is 0 Å². The molecule has 9 heteroatoms. The number of hydrogen-bond donors (Lipinski definition) is 2. The number of nitrogens with zero attached hydrogens (tertiary/aromatic N) is 3. The third kappa shape index (κ3) is 4.18. The summed E-state index contributed by atoms with van der Waals surface area (Å²) >= 11 is 0. The number of fused-ring (bicyclic) bond motifs is 1.